The van der Waals surface area contributed by atoms with Crippen molar-refractivity contribution in [1.29, 1.82) is 0 Å². The number of aromatic nitrogens is 1. The Morgan fingerprint density at radius 2 is 2.05 bits per heavy atom. The molecule has 0 saturated carbocycles. The first-order valence-electron chi connectivity index (χ1n) is 5.75. The van der Waals surface area contributed by atoms with Gasteiger partial charge in [0.05, 0.1) is 15.8 Å². The lowest BCUT2D eigenvalue weighted by Crippen LogP contribution is -2.13. The van der Waals surface area contributed by atoms with Crippen molar-refractivity contribution in [2.45, 2.75) is 0 Å². The molecule has 0 radical (unpaired) electrons. The largest absolute Gasteiger partial charge is 0.298 e. The molecule has 0 aliphatic rings. The van der Waals surface area contributed by atoms with E-state index in [1.165, 1.54) is 29.5 Å². The third kappa shape index (κ3) is 2.50. The zero-order chi connectivity index (χ0) is 14.1. The van der Waals surface area contributed by atoms with E-state index in [9.17, 15) is 9.18 Å². The smallest absolute Gasteiger partial charge is 0.260 e. The van der Waals surface area contributed by atoms with E-state index < -0.39 is 11.7 Å². The van der Waals surface area contributed by atoms with Gasteiger partial charge in [0.15, 0.2) is 5.13 Å². The zero-order valence-corrected chi connectivity index (χ0v) is 11.6. The molecule has 6 heteroatoms. The van der Waals surface area contributed by atoms with E-state index in [0.29, 0.717) is 10.2 Å². The van der Waals surface area contributed by atoms with Crippen LogP contribution in [0.2, 0.25) is 5.02 Å². The van der Waals surface area contributed by atoms with Gasteiger partial charge in [0.2, 0.25) is 0 Å². The van der Waals surface area contributed by atoms with Gasteiger partial charge in [-0.25, -0.2) is 9.37 Å². The lowest BCUT2D eigenvalue weighted by molar-refractivity contribution is 0.102. The molecule has 1 amide bonds. The first-order valence-corrected chi connectivity index (χ1v) is 6.95. The summed E-state index contributed by atoms with van der Waals surface area (Å²) in [5.41, 5.74) is 0.730. The number of thiazole rings is 1. The third-order valence-corrected chi connectivity index (χ3v) is 3.86. The number of rotatable bonds is 2. The van der Waals surface area contributed by atoms with E-state index in [-0.39, 0.29) is 5.56 Å². The topological polar surface area (TPSA) is 42.0 Å². The Balaban J connectivity index is 1.89. The molecule has 3 rings (SSSR count). The van der Waals surface area contributed by atoms with Crippen molar-refractivity contribution in [3.05, 3.63) is 58.9 Å². The summed E-state index contributed by atoms with van der Waals surface area (Å²) in [6.45, 7) is 0. The molecule has 1 aromatic heterocycles. The number of anilines is 1. The molecule has 0 aliphatic heterocycles. The van der Waals surface area contributed by atoms with E-state index in [1.807, 2.05) is 0 Å². The fourth-order valence-corrected chi connectivity index (χ4v) is 2.90. The van der Waals surface area contributed by atoms with Crippen molar-refractivity contribution < 1.29 is 9.18 Å². The maximum absolute atomic E-state index is 13.5. The average Bonchev–Trinajstić information content (AvgIpc) is 2.80. The normalized spacial score (nSPS) is 10.7. The lowest BCUT2D eigenvalue weighted by atomic mass is 10.2. The van der Waals surface area contributed by atoms with E-state index in [0.717, 1.165) is 10.2 Å². The van der Waals surface area contributed by atoms with E-state index in [4.69, 9.17) is 11.6 Å². The maximum Gasteiger partial charge on any atom is 0.260 e. The summed E-state index contributed by atoms with van der Waals surface area (Å²) in [5.74, 6) is -1.08. The predicted octanol–water partition coefficient (Wildman–Crippen LogP) is 4.34. The van der Waals surface area contributed by atoms with Crippen LogP contribution in [0.15, 0.2) is 42.5 Å². The van der Waals surface area contributed by atoms with Gasteiger partial charge in [-0.3, -0.25) is 10.1 Å². The van der Waals surface area contributed by atoms with Crippen LogP contribution in [0.4, 0.5) is 9.52 Å². The number of amides is 1. The summed E-state index contributed by atoms with van der Waals surface area (Å²) in [4.78, 5) is 16.2. The standard InChI is InChI=1S/C14H8ClFN2OS/c15-8-5-6-11-12(7-8)20-14(17-11)18-13(19)9-3-1-2-4-10(9)16/h1-7H,(H,17,18,19). The van der Waals surface area contributed by atoms with Crippen LogP contribution >= 0.6 is 22.9 Å². The van der Waals surface area contributed by atoms with Gasteiger partial charge in [0.25, 0.3) is 5.91 Å². The highest BCUT2D eigenvalue weighted by atomic mass is 35.5. The monoisotopic (exact) mass is 306 g/mol. The third-order valence-electron chi connectivity index (χ3n) is 2.69. The second-order valence-electron chi connectivity index (χ2n) is 4.07. The summed E-state index contributed by atoms with van der Waals surface area (Å²) >= 11 is 7.18. The molecule has 1 N–H and O–H groups in total. The van der Waals surface area contributed by atoms with E-state index in [2.05, 4.69) is 10.3 Å². The highest BCUT2D eigenvalue weighted by Gasteiger charge is 2.13. The molecule has 100 valence electrons. The Hall–Kier alpha value is -1.98. The van der Waals surface area contributed by atoms with Gasteiger partial charge in [-0.15, -0.1) is 0 Å². The Bertz CT molecular complexity index is 803. The van der Waals surface area contributed by atoms with Gasteiger partial charge < -0.3 is 0 Å². The van der Waals surface area contributed by atoms with Crippen molar-refractivity contribution in [2.24, 2.45) is 0 Å². The fourth-order valence-electron chi connectivity index (χ4n) is 1.76. The summed E-state index contributed by atoms with van der Waals surface area (Å²) < 4.78 is 14.4. The van der Waals surface area contributed by atoms with Crippen molar-refractivity contribution in [3.8, 4) is 0 Å². The Morgan fingerprint density at radius 1 is 1.25 bits per heavy atom. The highest BCUT2D eigenvalue weighted by molar-refractivity contribution is 7.22. The second-order valence-corrected chi connectivity index (χ2v) is 5.53. The van der Waals surface area contributed by atoms with Gasteiger partial charge in [-0.05, 0) is 30.3 Å². The average molecular weight is 307 g/mol. The van der Waals surface area contributed by atoms with Gasteiger partial charge >= 0.3 is 0 Å². The predicted molar refractivity (Wildman–Crippen MR) is 79.0 cm³/mol. The van der Waals surface area contributed by atoms with Gasteiger partial charge in [0, 0.05) is 5.02 Å². The first kappa shape index (κ1) is 13.0. The Kier molecular flexibility index (Phi) is 3.38. The summed E-state index contributed by atoms with van der Waals surface area (Å²) in [7, 11) is 0. The molecule has 20 heavy (non-hydrogen) atoms. The number of carbonyl (C=O) groups excluding carboxylic acids is 1. The molecule has 2 aromatic carbocycles. The maximum atomic E-state index is 13.5. The van der Waals surface area contributed by atoms with E-state index in [1.54, 1.807) is 24.3 Å². The number of nitrogens with one attached hydrogen (secondary N) is 1. The highest BCUT2D eigenvalue weighted by Crippen LogP contribution is 2.28. The molecule has 0 aliphatic carbocycles. The van der Waals surface area contributed by atoms with Crippen LogP contribution in [0.5, 0.6) is 0 Å². The van der Waals surface area contributed by atoms with E-state index >= 15 is 0 Å². The number of hydrogen-bond acceptors (Lipinski definition) is 3. The minimum atomic E-state index is -0.561. The summed E-state index contributed by atoms with van der Waals surface area (Å²) in [5, 5.41) is 3.61. The van der Waals surface area contributed by atoms with Crippen molar-refractivity contribution >= 4 is 44.2 Å². The molecule has 0 spiro atoms. The summed E-state index contributed by atoms with van der Waals surface area (Å²) in [6.07, 6.45) is 0. The van der Waals surface area contributed by atoms with Gasteiger partial charge in [-0.1, -0.05) is 35.1 Å². The van der Waals surface area contributed by atoms with Crippen molar-refractivity contribution in [1.82, 2.24) is 4.98 Å². The van der Waals surface area contributed by atoms with Crippen LogP contribution in [0.3, 0.4) is 0 Å². The number of halogens is 2. The van der Waals surface area contributed by atoms with Crippen molar-refractivity contribution in [3.63, 3.8) is 0 Å². The number of hydrogen-bond donors (Lipinski definition) is 1. The van der Waals surface area contributed by atoms with Crippen LogP contribution in [0, 0.1) is 5.82 Å². The molecular weight excluding hydrogens is 299 g/mol. The first-order chi connectivity index (χ1) is 9.63. The molecular formula is C14H8ClFN2OS. The zero-order valence-electron chi connectivity index (χ0n) is 10.1. The van der Waals surface area contributed by atoms with Crippen LogP contribution < -0.4 is 5.32 Å². The van der Waals surface area contributed by atoms with Crippen LogP contribution in [-0.4, -0.2) is 10.9 Å². The van der Waals surface area contributed by atoms with Crippen LogP contribution in [-0.2, 0) is 0 Å². The van der Waals surface area contributed by atoms with Crippen LogP contribution in [0.25, 0.3) is 10.2 Å². The van der Waals surface area contributed by atoms with Crippen LogP contribution in [0.1, 0.15) is 10.4 Å². The minimum absolute atomic E-state index is 0.00946. The van der Waals surface area contributed by atoms with Gasteiger partial charge in [0.1, 0.15) is 5.82 Å². The quantitative estimate of drug-likeness (QED) is 0.765. The Morgan fingerprint density at radius 3 is 2.85 bits per heavy atom. The lowest BCUT2D eigenvalue weighted by Gasteiger charge is -2.02. The van der Waals surface area contributed by atoms with Gasteiger partial charge in [-0.2, -0.15) is 0 Å². The second kappa shape index (κ2) is 5.19. The molecule has 0 unspecified atom stereocenters. The molecule has 0 bridgehead atoms. The summed E-state index contributed by atoms with van der Waals surface area (Å²) in [6, 6.07) is 11.1. The van der Waals surface area contributed by atoms with Crippen molar-refractivity contribution in [2.75, 3.05) is 5.32 Å². The molecule has 1 heterocycles. The fraction of sp³-hybridized carbons (Fsp3) is 0. The number of benzene rings is 2. The molecule has 0 saturated heterocycles. The minimum Gasteiger partial charge on any atom is -0.298 e. The molecule has 0 atom stereocenters. The molecule has 3 aromatic rings. The molecule has 0 fully saturated rings. The Labute approximate surface area is 123 Å². The SMILES string of the molecule is O=C(Nc1nc2ccc(Cl)cc2s1)c1ccccc1F. The number of nitrogens with zero attached hydrogens (tertiary/aromatic N) is 1. The molecule has 3 nitrogen and oxygen atoms in total. The number of fused-ring (bicyclic) bond motifs is 1. The number of carbonyl (C=O) groups is 1.